The number of hydrogen-bond donors (Lipinski definition) is 2. The highest BCUT2D eigenvalue weighted by molar-refractivity contribution is 5.83. The molecular weight excluding hydrogens is 260 g/mol. The Hall–Kier alpha value is -1.35. The molecule has 0 aromatic heterocycles. The van der Waals surface area contributed by atoms with Crippen LogP contribution >= 0.6 is 0 Å². The molecule has 1 unspecified atom stereocenters. The van der Waals surface area contributed by atoms with E-state index in [1.807, 2.05) is 6.07 Å². The van der Waals surface area contributed by atoms with Crippen molar-refractivity contribution in [3.63, 3.8) is 0 Å². The van der Waals surface area contributed by atoms with Gasteiger partial charge < -0.3 is 10.6 Å². The maximum atomic E-state index is 12.6. The summed E-state index contributed by atoms with van der Waals surface area (Å²) in [6.45, 7) is 3.09. The van der Waals surface area contributed by atoms with Crippen LogP contribution in [0.25, 0.3) is 0 Å². The zero-order valence-corrected chi connectivity index (χ0v) is 12.7. The van der Waals surface area contributed by atoms with E-state index in [0.717, 1.165) is 51.2 Å². The van der Waals surface area contributed by atoms with Crippen LogP contribution in [0.4, 0.5) is 0 Å². The van der Waals surface area contributed by atoms with E-state index in [-0.39, 0.29) is 11.3 Å². The van der Waals surface area contributed by atoms with E-state index >= 15 is 0 Å². The van der Waals surface area contributed by atoms with E-state index < -0.39 is 0 Å². The van der Waals surface area contributed by atoms with Gasteiger partial charge in [-0.05, 0) is 56.7 Å². The Morgan fingerprint density at radius 3 is 2.71 bits per heavy atom. The van der Waals surface area contributed by atoms with E-state index in [0.29, 0.717) is 0 Å². The summed E-state index contributed by atoms with van der Waals surface area (Å²) >= 11 is 0. The van der Waals surface area contributed by atoms with Crippen LogP contribution in [0.3, 0.4) is 0 Å². The fraction of sp³-hybridized carbons (Fsp3) is 0.611. The van der Waals surface area contributed by atoms with Crippen LogP contribution in [-0.2, 0) is 11.2 Å². The molecule has 1 aromatic carbocycles. The SMILES string of the molecule is O=C(NCCC1CCNC1)C1(Cc2ccccc2)CCC1. The van der Waals surface area contributed by atoms with Crippen molar-refractivity contribution < 1.29 is 4.79 Å². The molecule has 1 aromatic rings. The number of carbonyl (C=O) groups excluding carboxylic acids is 1. The van der Waals surface area contributed by atoms with Crippen molar-refractivity contribution in [2.24, 2.45) is 11.3 Å². The highest BCUT2D eigenvalue weighted by Crippen LogP contribution is 2.44. The number of benzene rings is 1. The summed E-state index contributed by atoms with van der Waals surface area (Å²) in [5.74, 6) is 1.03. The van der Waals surface area contributed by atoms with Crippen molar-refractivity contribution >= 4 is 5.91 Å². The second-order valence-corrected chi connectivity index (χ2v) is 6.70. The maximum absolute atomic E-state index is 12.6. The first kappa shape index (κ1) is 14.6. The van der Waals surface area contributed by atoms with E-state index in [9.17, 15) is 4.79 Å². The lowest BCUT2D eigenvalue weighted by atomic mass is 9.64. The van der Waals surface area contributed by atoms with Crippen LogP contribution < -0.4 is 10.6 Å². The fourth-order valence-electron chi connectivity index (χ4n) is 3.61. The van der Waals surface area contributed by atoms with Crippen LogP contribution in [0.2, 0.25) is 0 Å². The molecule has 1 aliphatic carbocycles. The van der Waals surface area contributed by atoms with Crippen molar-refractivity contribution in [3.05, 3.63) is 35.9 Å². The quantitative estimate of drug-likeness (QED) is 0.843. The molecule has 1 atom stereocenters. The summed E-state index contributed by atoms with van der Waals surface area (Å²) in [7, 11) is 0. The Bertz CT molecular complexity index is 461. The Morgan fingerprint density at radius 2 is 2.10 bits per heavy atom. The summed E-state index contributed by atoms with van der Waals surface area (Å²) in [5.41, 5.74) is 1.15. The molecule has 2 aliphatic rings. The molecule has 0 radical (unpaired) electrons. The lowest BCUT2D eigenvalue weighted by Gasteiger charge is -2.40. The monoisotopic (exact) mass is 286 g/mol. The number of rotatable bonds is 6. The molecule has 0 bridgehead atoms. The standard InChI is InChI=1S/C18H26N2O/c21-17(20-12-8-16-7-11-19-14-16)18(9-4-10-18)13-15-5-2-1-3-6-15/h1-3,5-6,16,19H,4,7-14H2,(H,20,21). The van der Waals surface area contributed by atoms with Gasteiger partial charge in [0.05, 0.1) is 5.41 Å². The molecule has 1 heterocycles. The molecule has 1 amide bonds. The molecular formula is C18H26N2O. The van der Waals surface area contributed by atoms with Crippen molar-refractivity contribution in [1.82, 2.24) is 10.6 Å². The Kier molecular flexibility index (Phi) is 4.59. The fourth-order valence-corrected chi connectivity index (χ4v) is 3.61. The molecule has 3 nitrogen and oxygen atoms in total. The van der Waals surface area contributed by atoms with Crippen LogP contribution in [0.1, 0.15) is 37.7 Å². The van der Waals surface area contributed by atoms with Crippen molar-refractivity contribution in [2.45, 2.75) is 38.5 Å². The zero-order chi connectivity index (χ0) is 14.5. The normalized spacial score (nSPS) is 23.5. The van der Waals surface area contributed by atoms with Gasteiger partial charge in [-0.25, -0.2) is 0 Å². The Balaban J connectivity index is 1.51. The maximum Gasteiger partial charge on any atom is 0.226 e. The van der Waals surface area contributed by atoms with E-state index in [2.05, 4.69) is 34.9 Å². The minimum Gasteiger partial charge on any atom is -0.356 e. The van der Waals surface area contributed by atoms with Gasteiger partial charge in [-0.1, -0.05) is 36.8 Å². The molecule has 1 aliphatic heterocycles. The summed E-state index contributed by atoms with van der Waals surface area (Å²) in [5, 5.41) is 6.59. The lowest BCUT2D eigenvalue weighted by Crippen LogP contribution is -2.47. The predicted octanol–water partition coefficient (Wildman–Crippen LogP) is 2.52. The summed E-state index contributed by atoms with van der Waals surface area (Å²) in [4.78, 5) is 12.6. The van der Waals surface area contributed by atoms with E-state index in [1.54, 1.807) is 0 Å². The second-order valence-electron chi connectivity index (χ2n) is 6.70. The molecule has 3 heteroatoms. The first-order valence-corrected chi connectivity index (χ1v) is 8.31. The van der Waals surface area contributed by atoms with Crippen molar-refractivity contribution in [2.75, 3.05) is 19.6 Å². The molecule has 114 valence electrons. The molecule has 21 heavy (non-hydrogen) atoms. The summed E-state index contributed by atoms with van der Waals surface area (Å²) in [6, 6.07) is 10.4. The molecule has 2 fully saturated rings. The summed E-state index contributed by atoms with van der Waals surface area (Å²) in [6.07, 6.45) is 6.53. The second kappa shape index (κ2) is 6.61. The van der Waals surface area contributed by atoms with E-state index in [4.69, 9.17) is 0 Å². The van der Waals surface area contributed by atoms with Gasteiger partial charge >= 0.3 is 0 Å². The molecule has 3 rings (SSSR count). The minimum atomic E-state index is -0.130. The van der Waals surface area contributed by atoms with Gasteiger partial charge in [-0.15, -0.1) is 0 Å². The highest BCUT2D eigenvalue weighted by atomic mass is 16.2. The van der Waals surface area contributed by atoms with Crippen LogP contribution in [-0.4, -0.2) is 25.5 Å². The number of hydrogen-bond acceptors (Lipinski definition) is 2. The van der Waals surface area contributed by atoms with E-state index in [1.165, 1.54) is 18.4 Å². The zero-order valence-electron chi connectivity index (χ0n) is 12.7. The Labute approximate surface area is 127 Å². The largest absolute Gasteiger partial charge is 0.356 e. The number of amides is 1. The van der Waals surface area contributed by atoms with Crippen LogP contribution in [0.15, 0.2) is 30.3 Å². The van der Waals surface area contributed by atoms with Gasteiger partial charge in [-0.3, -0.25) is 4.79 Å². The number of carbonyl (C=O) groups is 1. The average Bonchev–Trinajstić information content (AvgIpc) is 2.97. The molecule has 2 N–H and O–H groups in total. The van der Waals surface area contributed by atoms with Crippen LogP contribution in [0.5, 0.6) is 0 Å². The van der Waals surface area contributed by atoms with Gasteiger partial charge in [-0.2, -0.15) is 0 Å². The number of nitrogens with one attached hydrogen (secondary N) is 2. The first-order valence-electron chi connectivity index (χ1n) is 8.31. The van der Waals surface area contributed by atoms with Crippen molar-refractivity contribution in [1.29, 1.82) is 0 Å². The highest BCUT2D eigenvalue weighted by Gasteiger charge is 2.43. The smallest absolute Gasteiger partial charge is 0.226 e. The third-order valence-corrected chi connectivity index (χ3v) is 5.18. The third-order valence-electron chi connectivity index (χ3n) is 5.18. The topological polar surface area (TPSA) is 41.1 Å². The van der Waals surface area contributed by atoms with Gasteiger partial charge in [0.1, 0.15) is 0 Å². The average molecular weight is 286 g/mol. The summed E-state index contributed by atoms with van der Waals surface area (Å²) < 4.78 is 0. The van der Waals surface area contributed by atoms with Gasteiger partial charge in [0, 0.05) is 6.54 Å². The third kappa shape index (κ3) is 3.46. The minimum absolute atomic E-state index is 0.130. The molecule has 1 saturated carbocycles. The molecule has 1 saturated heterocycles. The van der Waals surface area contributed by atoms with Gasteiger partial charge in [0.15, 0.2) is 0 Å². The lowest BCUT2D eigenvalue weighted by molar-refractivity contribution is -0.136. The predicted molar refractivity (Wildman–Crippen MR) is 85.0 cm³/mol. The van der Waals surface area contributed by atoms with Gasteiger partial charge in [0.25, 0.3) is 0 Å². The Morgan fingerprint density at radius 1 is 1.29 bits per heavy atom. The van der Waals surface area contributed by atoms with Crippen molar-refractivity contribution in [3.8, 4) is 0 Å². The first-order chi connectivity index (χ1) is 10.3. The molecule has 0 spiro atoms. The van der Waals surface area contributed by atoms with Gasteiger partial charge in [0.2, 0.25) is 5.91 Å². The van der Waals surface area contributed by atoms with Crippen LogP contribution in [0, 0.1) is 11.3 Å².